The van der Waals surface area contributed by atoms with Gasteiger partial charge in [0.2, 0.25) is 0 Å². The number of nitrogens with zero attached hydrogens (tertiary/aromatic N) is 1. The Morgan fingerprint density at radius 2 is 1.70 bits per heavy atom. The van der Waals surface area contributed by atoms with Gasteiger partial charge in [-0.3, -0.25) is 14.9 Å². The minimum absolute atomic E-state index is 0.0210. The predicted molar refractivity (Wildman–Crippen MR) is 103 cm³/mol. The van der Waals surface area contributed by atoms with Gasteiger partial charge in [-0.1, -0.05) is 29.3 Å². The van der Waals surface area contributed by atoms with E-state index in [1.165, 1.54) is 24.3 Å². The Bertz CT molecular complexity index is 1010. The lowest BCUT2D eigenvalue weighted by Crippen LogP contribution is -2.54. The lowest BCUT2D eigenvalue weighted by molar-refractivity contribution is -0.122. The molecule has 1 aliphatic rings. The molecule has 0 spiro atoms. The van der Waals surface area contributed by atoms with Gasteiger partial charge in [0.1, 0.15) is 11.3 Å². The summed E-state index contributed by atoms with van der Waals surface area (Å²) in [5, 5.41) is 12.2. The number of urea groups is 1. The predicted octanol–water partition coefficient (Wildman–Crippen LogP) is 3.98. The fraction of sp³-hybridized carbons (Fsp3) is 0.105. The molecule has 4 amide bonds. The molecule has 0 aromatic heterocycles. The third-order valence-corrected chi connectivity index (χ3v) is 4.91. The first-order valence-electron chi connectivity index (χ1n) is 7.86. The third-order valence-electron chi connectivity index (χ3n) is 4.10. The Kier molecular flexibility index (Phi) is 4.95. The number of rotatable bonds is 2. The van der Waals surface area contributed by atoms with Gasteiger partial charge in [0.25, 0.3) is 11.8 Å². The van der Waals surface area contributed by atoms with Crippen LogP contribution in [-0.2, 0) is 9.59 Å². The van der Waals surface area contributed by atoms with Crippen LogP contribution in [0.3, 0.4) is 0 Å². The highest BCUT2D eigenvalue weighted by molar-refractivity contribution is 6.46. The van der Waals surface area contributed by atoms with Crippen LogP contribution in [0.5, 0.6) is 5.75 Å². The molecule has 1 saturated heterocycles. The number of barbiturate groups is 1. The van der Waals surface area contributed by atoms with Crippen molar-refractivity contribution in [2.45, 2.75) is 13.8 Å². The maximum absolute atomic E-state index is 12.9. The Hall–Kier alpha value is -2.83. The van der Waals surface area contributed by atoms with Crippen molar-refractivity contribution in [2.75, 3.05) is 4.90 Å². The summed E-state index contributed by atoms with van der Waals surface area (Å²) in [5.74, 6) is -1.50. The molecule has 0 atom stereocenters. The number of nitrogens with one attached hydrogen (secondary N) is 1. The zero-order valence-corrected chi connectivity index (χ0v) is 15.9. The van der Waals surface area contributed by atoms with Gasteiger partial charge in [-0.25, -0.2) is 9.69 Å². The van der Waals surface area contributed by atoms with Crippen LogP contribution < -0.4 is 10.2 Å². The molecule has 1 aliphatic heterocycles. The second kappa shape index (κ2) is 7.06. The summed E-state index contributed by atoms with van der Waals surface area (Å²) in [6.07, 6.45) is 1.36. The highest BCUT2D eigenvalue weighted by Gasteiger charge is 2.38. The normalized spacial score (nSPS) is 16.1. The summed E-state index contributed by atoms with van der Waals surface area (Å²) in [7, 11) is 0. The summed E-state index contributed by atoms with van der Waals surface area (Å²) < 4.78 is 0. The average molecular weight is 405 g/mol. The number of phenols is 1. The van der Waals surface area contributed by atoms with E-state index in [0.29, 0.717) is 16.7 Å². The molecule has 0 unspecified atom stereocenters. The SMILES string of the molecule is Cc1cc(C=C2C(=O)NC(=O)N(c3cccc(Cl)c3Cl)C2=O)cc(C)c1O. The number of carbonyl (C=O) groups is 3. The highest BCUT2D eigenvalue weighted by atomic mass is 35.5. The summed E-state index contributed by atoms with van der Waals surface area (Å²) in [6, 6.07) is 6.85. The van der Waals surface area contributed by atoms with Crippen LogP contribution in [0.1, 0.15) is 16.7 Å². The van der Waals surface area contributed by atoms with Crippen LogP contribution in [0.15, 0.2) is 35.9 Å². The van der Waals surface area contributed by atoms with Crippen LogP contribution in [0, 0.1) is 13.8 Å². The molecule has 138 valence electrons. The molecule has 6 nitrogen and oxygen atoms in total. The van der Waals surface area contributed by atoms with E-state index in [4.69, 9.17) is 23.2 Å². The van der Waals surface area contributed by atoms with E-state index < -0.39 is 17.8 Å². The first-order valence-corrected chi connectivity index (χ1v) is 8.62. The van der Waals surface area contributed by atoms with Crippen molar-refractivity contribution in [1.29, 1.82) is 0 Å². The van der Waals surface area contributed by atoms with E-state index in [1.807, 2.05) is 0 Å². The van der Waals surface area contributed by atoms with Crippen molar-refractivity contribution >= 4 is 52.8 Å². The van der Waals surface area contributed by atoms with Gasteiger partial charge in [-0.2, -0.15) is 0 Å². The van der Waals surface area contributed by atoms with Gasteiger partial charge in [0.05, 0.1) is 15.7 Å². The van der Waals surface area contributed by atoms with Gasteiger partial charge in [0.15, 0.2) is 0 Å². The van der Waals surface area contributed by atoms with E-state index in [0.717, 1.165) is 4.90 Å². The summed E-state index contributed by atoms with van der Waals surface area (Å²) >= 11 is 12.1. The number of aryl methyl sites for hydroxylation is 2. The number of phenolic OH excluding ortho intramolecular Hbond substituents is 1. The number of halogens is 2. The number of hydrogen-bond donors (Lipinski definition) is 2. The Labute approximate surface area is 165 Å². The van der Waals surface area contributed by atoms with Gasteiger partial charge in [-0.05, 0) is 60.9 Å². The topological polar surface area (TPSA) is 86.7 Å². The van der Waals surface area contributed by atoms with Crippen LogP contribution in [0.4, 0.5) is 10.5 Å². The van der Waals surface area contributed by atoms with Crippen molar-refractivity contribution in [3.8, 4) is 5.75 Å². The molecule has 2 aromatic rings. The fourth-order valence-electron chi connectivity index (χ4n) is 2.78. The lowest BCUT2D eigenvalue weighted by atomic mass is 10.0. The number of imide groups is 2. The van der Waals surface area contributed by atoms with Crippen LogP contribution >= 0.6 is 23.2 Å². The molecule has 2 N–H and O–H groups in total. The summed E-state index contributed by atoms with van der Waals surface area (Å²) in [6.45, 7) is 3.41. The molecule has 8 heteroatoms. The Morgan fingerprint density at radius 3 is 2.33 bits per heavy atom. The molecular formula is C19H14Cl2N2O4. The van der Waals surface area contributed by atoms with Crippen LogP contribution in [0.2, 0.25) is 10.0 Å². The molecule has 0 aliphatic carbocycles. The smallest absolute Gasteiger partial charge is 0.336 e. The first kappa shape index (κ1) is 18.9. The van der Waals surface area contributed by atoms with Crippen molar-refractivity contribution in [3.05, 3.63) is 62.6 Å². The third kappa shape index (κ3) is 3.41. The maximum Gasteiger partial charge on any atom is 0.336 e. The largest absolute Gasteiger partial charge is 0.507 e. The second-order valence-electron chi connectivity index (χ2n) is 6.03. The van der Waals surface area contributed by atoms with Gasteiger partial charge < -0.3 is 5.11 Å². The van der Waals surface area contributed by atoms with Crippen LogP contribution in [-0.4, -0.2) is 23.0 Å². The number of anilines is 1. The Morgan fingerprint density at radius 1 is 1.07 bits per heavy atom. The first-order chi connectivity index (χ1) is 12.7. The van der Waals surface area contributed by atoms with E-state index in [9.17, 15) is 19.5 Å². The molecule has 0 saturated carbocycles. The zero-order valence-electron chi connectivity index (χ0n) is 14.3. The van der Waals surface area contributed by atoms with Crippen molar-refractivity contribution in [3.63, 3.8) is 0 Å². The number of hydrogen-bond acceptors (Lipinski definition) is 4. The molecular weight excluding hydrogens is 391 g/mol. The Balaban J connectivity index is 2.09. The van der Waals surface area contributed by atoms with Crippen molar-refractivity contribution in [1.82, 2.24) is 5.32 Å². The number of amides is 4. The molecule has 27 heavy (non-hydrogen) atoms. The molecule has 1 fully saturated rings. The van der Waals surface area contributed by atoms with E-state index in [2.05, 4.69) is 5.32 Å². The van der Waals surface area contributed by atoms with E-state index in [-0.39, 0.29) is 27.1 Å². The lowest BCUT2D eigenvalue weighted by Gasteiger charge is -2.27. The van der Waals surface area contributed by atoms with Gasteiger partial charge in [0, 0.05) is 0 Å². The average Bonchev–Trinajstić information content (AvgIpc) is 2.60. The van der Waals surface area contributed by atoms with Gasteiger partial charge >= 0.3 is 6.03 Å². The minimum atomic E-state index is -0.913. The summed E-state index contributed by atoms with van der Waals surface area (Å²) in [5.41, 5.74) is 1.55. The number of carbonyl (C=O) groups excluding carboxylic acids is 3. The van der Waals surface area contributed by atoms with E-state index in [1.54, 1.807) is 26.0 Å². The molecule has 2 aromatic carbocycles. The summed E-state index contributed by atoms with van der Waals surface area (Å²) in [4.78, 5) is 38.1. The second-order valence-corrected chi connectivity index (χ2v) is 6.82. The highest BCUT2D eigenvalue weighted by Crippen LogP contribution is 2.34. The fourth-order valence-corrected chi connectivity index (χ4v) is 3.16. The van der Waals surface area contributed by atoms with E-state index >= 15 is 0 Å². The zero-order chi connectivity index (χ0) is 19.9. The molecule has 3 rings (SSSR count). The monoisotopic (exact) mass is 404 g/mol. The quantitative estimate of drug-likeness (QED) is 0.585. The molecule has 1 heterocycles. The molecule has 0 bridgehead atoms. The molecule has 0 radical (unpaired) electrons. The van der Waals surface area contributed by atoms with Crippen LogP contribution in [0.25, 0.3) is 6.08 Å². The van der Waals surface area contributed by atoms with Gasteiger partial charge in [-0.15, -0.1) is 0 Å². The maximum atomic E-state index is 12.9. The minimum Gasteiger partial charge on any atom is -0.507 e. The number of aromatic hydroxyl groups is 1. The van der Waals surface area contributed by atoms with Crippen molar-refractivity contribution < 1.29 is 19.5 Å². The standard InChI is InChI=1S/C19H14Cl2N2O4/c1-9-6-11(7-10(2)16(9)24)8-12-17(25)22-19(27)23(18(12)26)14-5-3-4-13(20)15(14)21/h3-8,24H,1-2H3,(H,22,25,27). The van der Waals surface area contributed by atoms with Crippen molar-refractivity contribution in [2.24, 2.45) is 0 Å². The number of benzene rings is 2.